The predicted octanol–water partition coefficient (Wildman–Crippen LogP) is 2.66. The number of nitrogens with one attached hydrogen (secondary N) is 1. The highest BCUT2D eigenvalue weighted by molar-refractivity contribution is 7.09. The first-order valence-corrected chi connectivity index (χ1v) is 5.27. The molecule has 4 heteroatoms. The minimum absolute atomic E-state index is 0.0490. The van der Waals surface area contributed by atoms with Crippen molar-refractivity contribution in [2.45, 2.75) is 46.1 Å². The summed E-state index contributed by atoms with van der Waals surface area (Å²) in [6.07, 6.45) is 0. The van der Waals surface area contributed by atoms with E-state index in [9.17, 15) is 0 Å². The monoisotopic (exact) mass is 199 g/mol. The van der Waals surface area contributed by atoms with E-state index in [0.29, 0.717) is 6.04 Å². The standard InChI is InChI=1S/C9H17N3S/c1-6(2)10-8-11-7(12-13-8)9(3,4)5/h6H,1-5H3,(H,10,11,12). The Morgan fingerprint density at radius 1 is 1.31 bits per heavy atom. The summed E-state index contributed by atoms with van der Waals surface area (Å²) >= 11 is 1.43. The molecule has 0 bridgehead atoms. The summed E-state index contributed by atoms with van der Waals surface area (Å²) in [6, 6.07) is 0.417. The highest BCUT2D eigenvalue weighted by Crippen LogP contribution is 2.23. The first-order chi connectivity index (χ1) is 5.89. The van der Waals surface area contributed by atoms with Gasteiger partial charge in [-0.3, -0.25) is 0 Å². The summed E-state index contributed by atoms with van der Waals surface area (Å²) in [4.78, 5) is 4.42. The molecule has 1 aromatic heterocycles. The average Bonchev–Trinajstić information content (AvgIpc) is 2.32. The second-order valence-electron chi connectivity index (χ2n) is 4.47. The summed E-state index contributed by atoms with van der Waals surface area (Å²) in [7, 11) is 0. The molecule has 0 spiro atoms. The van der Waals surface area contributed by atoms with Gasteiger partial charge in [-0.05, 0) is 13.8 Å². The van der Waals surface area contributed by atoms with Crippen LogP contribution in [0, 0.1) is 0 Å². The Kier molecular flexibility index (Phi) is 2.91. The molecule has 0 aliphatic heterocycles. The third-order valence-corrected chi connectivity index (χ3v) is 2.16. The SMILES string of the molecule is CC(C)Nc1nc(C(C)(C)C)ns1. The van der Waals surface area contributed by atoms with Crippen molar-refractivity contribution < 1.29 is 0 Å². The quantitative estimate of drug-likeness (QED) is 0.795. The van der Waals surface area contributed by atoms with Crippen LogP contribution in [0.2, 0.25) is 0 Å². The fraction of sp³-hybridized carbons (Fsp3) is 0.778. The first-order valence-electron chi connectivity index (χ1n) is 4.50. The summed E-state index contributed by atoms with van der Waals surface area (Å²) in [6.45, 7) is 10.5. The molecular formula is C9H17N3S. The lowest BCUT2D eigenvalue weighted by Gasteiger charge is -2.12. The van der Waals surface area contributed by atoms with Crippen LogP contribution < -0.4 is 5.32 Å². The third-order valence-electron chi connectivity index (χ3n) is 1.51. The number of anilines is 1. The molecule has 0 aliphatic carbocycles. The Hall–Kier alpha value is -0.640. The van der Waals surface area contributed by atoms with E-state index in [1.165, 1.54) is 11.5 Å². The number of hydrogen-bond donors (Lipinski definition) is 1. The van der Waals surface area contributed by atoms with Crippen molar-refractivity contribution in [1.29, 1.82) is 0 Å². The van der Waals surface area contributed by atoms with Crippen LogP contribution in [-0.2, 0) is 5.41 Å². The topological polar surface area (TPSA) is 37.8 Å². The number of aromatic nitrogens is 2. The van der Waals surface area contributed by atoms with Gasteiger partial charge >= 0.3 is 0 Å². The minimum atomic E-state index is 0.0490. The van der Waals surface area contributed by atoms with Gasteiger partial charge in [0.15, 0.2) is 0 Å². The van der Waals surface area contributed by atoms with E-state index in [-0.39, 0.29) is 5.41 Å². The Morgan fingerprint density at radius 3 is 2.31 bits per heavy atom. The zero-order valence-electron chi connectivity index (χ0n) is 8.88. The molecule has 13 heavy (non-hydrogen) atoms. The van der Waals surface area contributed by atoms with E-state index in [4.69, 9.17) is 0 Å². The van der Waals surface area contributed by atoms with Crippen molar-refractivity contribution in [1.82, 2.24) is 9.36 Å². The van der Waals surface area contributed by atoms with E-state index in [1.807, 2.05) is 0 Å². The lowest BCUT2D eigenvalue weighted by molar-refractivity contribution is 0.555. The van der Waals surface area contributed by atoms with Gasteiger partial charge in [0.2, 0.25) is 5.13 Å². The van der Waals surface area contributed by atoms with Gasteiger partial charge in [-0.15, -0.1) is 0 Å². The van der Waals surface area contributed by atoms with E-state index in [2.05, 4.69) is 49.3 Å². The maximum absolute atomic E-state index is 4.42. The molecule has 0 aliphatic rings. The smallest absolute Gasteiger partial charge is 0.202 e. The molecular weight excluding hydrogens is 182 g/mol. The first kappa shape index (κ1) is 10.4. The lowest BCUT2D eigenvalue weighted by Crippen LogP contribution is -2.14. The van der Waals surface area contributed by atoms with E-state index >= 15 is 0 Å². The average molecular weight is 199 g/mol. The minimum Gasteiger partial charge on any atom is -0.358 e. The number of rotatable bonds is 2. The molecule has 0 atom stereocenters. The molecule has 74 valence electrons. The predicted molar refractivity (Wildman–Crippen MR) is 57.4 cm³/mol. The maximum atomic E-state index is 4.42. The van der Waals surface area contributed by atoms with Crippen molar-refractivity contribution in [3.8, 4) is 0 Å². The van der Waals surface area contributed by atoms with Gasteiger partial charge in [0.1, 0.15) is 5.82 Å². The highest BCUT2D eigenvalue weighted by Gasteiger charge is 2.19. The molecule has 0 fully saturated rings. The van der Waals surface area contributed by atoms with Crippen LogP contribution >= 0.6 is 11.5 Å². The molecule has 0 unspecified atom stereocenters. The molecule has 3 nitrogen and oxygen atoms in total. The molecule has 1 N–H and O–H groups in total. The molecule has 0 saturated carbocycles. The normalized spacial score (nSPS) is 12.2. The summed E-state index contributed by atoms with van der Waals surface area (Å²) < 4.78 is 4.31. The fourth-order valence-corrected chi connectivity index (χ4v) is 1.74. The van der Waals surface area contributed by atoms with Gasteiger partial charge in [0.25, 0.3) is 0 Å². The fourth-order valence-electron chi connectivity index (χ4n) is 0.834. The number of hydrogen-bond acceptors (Lipinski definition) is 4. The molecule has 1 aromatic rings. The largest absolute Gasteiger partial charge is 0.358 e. The van der Waals surface area contributed by atoms with Crippen LogP contribution in [0.3, 0.4) is 0 Å². The zero-order chi connectivity index (χ0) is 10.1. The molecule has 1 heterocycles. The van der Waals surface area contributed by atoms with Crippen LogP contribution in [0.15, 0.2) is 0 Å². The van der Waals surface area contributed by atoms with Gasteiger partial charge in [-0.2, -0.15) is 4.37 Å². The van der Waals surface area contributed by atoms with Crippen molar-refractivity contribution >= 4 is 16.7 Å². The Bertz CT molecular complexity index is 273. The van der Waals surface area contributed by atoms with Crippen molar-refractivity contribution in [2.24, 2.45) is 0 Å². The Balaban J connectivity index is 2.75. The van der Waals surface area contributed by atoms with Crippen molar-refractivity contribution in [3.63, 3.8) is 0 Å². The van der Waals surface area contributed by atoms with Gasteiger partial charge in [0.05, 0.1) is 0 Å². The van der Waals surface area contributed by atoms with Gasteiger partial charge in [-0.25, -0.2) is 4.98 Å². The number of nitrogens with zero attached hydrogens (tertiary/aromatic N) is 2. The second kappa shape index (κ2) is 3.62. The second-order valence-corrected chi connectivity index (χ2v) is 5.22. The molecule has 1 rings (SSSR count). The van der Waals surface area contributed by atoms with Crippen LogP contribution in [0.25, 0.3) is 0 Å². The summed E-state index contributed by atoms with van der Waals surface area (Å²) in [5.41, 5.74) is 0.0490. The summed E-state index contributed by atoms with van der Waals surface area (Å²) in [5.74, 6) is 0.917. The Labute approximate surface area is 83.8 Å². The van der Waals surface area contributed by atoms with Gasteiger partial charge in [-0.1, -0.05) is 20.8 Å². The van der Waals surface area contributed by atoms with E-state index in [1.54, 1.807) is 0 Å². The van der Waals surface area contributed by atoms with Crippen LogP contribution in [0.1, 0.15) is 40.4 Å². The molecule has 0 amide bonds. The lowest BCUT2D eigenvalue weighted by atomic mass is 9.96. The van der Waals surface area contributed by atoms with Crippen molar-refractivity contribution in [2.75, 3.05) is 5.32 Å². The highest BCUT2D eigenvalue weighted by atomic mass is 32.1. The van der Waals surface area contributed by atoms with E-state index < -0.39 is 0 Å². The third kappa shape index (κ3) is 2.95. The molecule has 0 radical (unpaired) electrons. The Morgan fingerprint density at radius 2 is 1.92 bits per heavy atom. The maximum Gasteiger partial charge on any atom is 0.202 e. The van der Waals surface area contributed by atoms with Crippen LogP contribution in [0.5, 0.6) is 0 Å². The molecule has 0 saturated heterocycles. The van der Waals surface area contributed by atoms with Gasteiger partial charge < -0.3 is 5.32 Å². The van der Waals surface area contributed by atoms with Gasteiger partial charge in [0, 0.05) is 23.0 Å². The molecule has 0 aromatic carbocycles. The zero-order valence-corrected chi connectivity index (χ0v) is 9.70. The van der Waals surface area contributed by atoms with E-state index in [0.717, 1.165) is 11.0 Å². The van der Waals surface area contributed by atoms with Crippen LogP contribution in [-0.4, -0.2) is 15.4 Å². The van der Waals surface area contributed by atoms with Crippen LogP contribution in [0.4, 0.5) is 5.13 Å². The summed E-state index contributed by atoms with van der Waals surface area (Å²) in [5, 5.41) is 4.16. The van der Waals surface area contributed by atoms with Crippen molar-refractivity contribution in [3.05, 3.63) is 5.82 Å².